The second-order valence-electron chi connectivity index (χ2n) is 6.11. The monoisotopic (exact) mass is 340 g/mol. The highest BCUT2D eigenvalue weighted by molar-refractivity contribution is 5.89. The first-order chi connectivity index (χ1) is 12.9. The normalized spacial score (nSPS) is 11.2. The number of benzene rings is 3. The Morgan fingerprint density at radius 2 is 1.58 bits per heavy atom. The molecule has 0 unspecified atom stereocenters. The summed E-state index contributed by atoms with van der Waals surface area (Å²) in [6.45, 7) is 0.653. The molecule has 0 radical (unpaired) electrons. The topological polar surface area (TPSA) is 37.9 Å². The standard InChI is InChI=1S/C23H20N2O/c1-2-8-18(9-3-1)16-17-26-23-13-7-4-10-19(23)14-15-22-20-11-5-6-12-21(20)24-25-22/h1-15H,16-17H2,(H,24,25). The Kier molecular flexibility index (Phi) is 4.79. The maximum absolute atomic E-state index is 6.02. The molecule has 1 N–H and O–H groups in total. The predicted molar refractivity (Wildman–Crippen MR) is 107 cm³/mol. The average molecular weight is 340 g/mol. The number of aromatic nitrogens is 2. The molecule has 0 spiro atoms. The molecule has 4 rings (SSSR count). The number of hydrogen-bond acceptors (Lipinski definition) is 2. The van der Waals surface area contributed by atoms with E-state index in [9.17, 15) is 0 Å². The highest BCUT2D eigenvalue weighted by atomic mass is 16.5. The Balaban J connectivity index is 1.48. The van der Waals surface area contributed by atoms with E-state index in [1.54, 1.807) is 0 Å². The fourth-order valence-electron chi connectivity index (χ4n) is 2.95. The first-order valence-electron chi connectivity index (χ1n) is 8.77. The number of aromatic amines is 1. The van der Waals surface area contributed by atoms with E-state index in [1.165, 1.54) is 5.56 Å². The molecule has 26 heavy (non-hydrogen) atoms. The lowest BCUT2D eigenvalue weighted by Crippen LogP contribution is -2.02. The molecule has 3 aromatic carbocycles. The molecule has 0 bridgehead atoms. The van der Waals surface area contributed by atoms with Gasteiger partial charge >= 0.3 is 0 Å². The van der Waals surface area contributed by atoms with Gasteiger partial charge in [0.2, 0.25) is 0 Å². The Morgan fingerprint density at radius 3 is 2.50 bits per heavy atom. The van der Waals surface area contributed by atoms with Crippen molar-refractivity contribution >= 4 is 23.1 Å². The van der Waals surface area contributed by atoms with Gasteiger partial charge in [0.05, 0.1) is 17.8 Å². The molecule has 0 saturated carbocycles. The predicted octanol–water partition coefficient (Wildman–Crippen LogP) is 5.35. The van der Waals surface area contributed by atoms with Gasteiger partial charge in [0.1, 0.15) is 5.75 Å². The van der Waals surface area contributed by atoms with Gasteiger partial charge in [-0.15, -0.1) is 0 Å². The Hall–Kier alpha value is -3.33. The zero-order valence-electron chi connectivity index (χ0n) is 14.4. The molecule has 3 nitrogen and oxygen atoms in total. The van der Waals surface area contributed by atoms with Crippen LogP contribution >= 0.6 is 0 Å². The van der Waals surface area contributed by atoms with E-state index in [1.807, 2.05) is 48.5 Å². The molecule has 4 aromatic rings. The second kappa shape index (κ2) is 7.70. The lowest BCUT2D eigenvalue weighted by molar-refractivity contribution is 0.321. The van der Waals surface area contributed by atoms with Crippen molar-refractivity contribution in [3.8, 4) is 5.75 Å². The minimum Gasteiger partial charge on any atom is -0.493 e. The van der Waals surface area contributed by atoms with E-state index < -0.39 is 0 Å². The third kappa shape index (κ3) is 3.67. The van der Waals surface area contributed by atoms with Crippen molar-refractivity contribution in [1.29, 1.82) is 0 Å². The van der Waals surface area contributed by atoms with Gasteiger partial charge in [0.15, 0.2) is 0 Å². The molecule has 0 fully saturated rings. The van der Waals surface area contributed by atoms with Gasteiger partial charge < -0.3 is 4.74 Å². The third-order valence-corrected chi connectivity index (χ3v) is 4.33. The van der Waals surface area contributed by atoms with E-state index >= 15 is 0 Å². The molecule has 3 heteroatoms. The summed E-state index contributed by atoms with van der Waals surface area (Å²) < 4.78 is 6.02. The first-order valence-corrected chi connectivity index (χ1v) is 8.77. The molecule has 1 heterocycles. The number of ether oxygens (including phenoxy) is 1. The van der Waals surface area contributed by atoms with Crippen LogP contribution in [0.1, 0.15) is 16.8 Å². The zero-order chi connectivity index (χ0) is 17.6. The molecule has 0 amide bonds. The lowest BCUT2D eigenvalue weighted by atomic mass is 10.1. The smallest absolute Gasteiger partial charge is 0.126 e. The summed E-state index contributed by atoms with van der Waals surface area (Å²) in [4.78, 5) is 0. The van der Waals surface area contributed by atoms with Crippen LogP contribution in [0.5, 0.6) is 5.75 Å². The van der Waals surface area contributed by atoms with Crippen LogP contribution in [0.2, 0.25) is 0 Å². The van der Waals surface area contributed by atoms with E-state index in [0.717, 1.165) is 34.3 Å². The van der Waals surface area contributed by atoms with Crippen LogP contribution in [0.3, 0.4) is 0 Å². The minimum atomic E-state index is 0.653. The van der Waals surface area contributed by atoms with Gasteiger partial charge in [0, 0.05) is 17.4 Å². The van der Waals surface area contributed by atoms with Gasteiger partial charge in [-0.25, -0.2) is 0 Å². The van der Waals surface area contributed by atoms with Gasteiger partial charge in [-0.05, 0) is 29.8 Å². The van der Waals surface area contributed by atoms with Crippen molar-refractivity contribution in [3.63, 3.8) is 0 Å². The van der Waals surface area contributed by atoms with Crippen molar-refractivity contribution in [2.75, 3.05) is 6.61 Å². The van der Waals surface area contributed by atoms with Gasteiger partial charge in [-0.2, -0.15) is 5.10 Å². The summed E-state index contributed by atoms with van der Waals surface area (Å²) >= 11 is 0. The quantitative estimate of drug-likeness (QED) is 0.513. The van der Waals surface area contributed by atoms with Crippen LogP contribution in [-0.2, 0) is 6.42 Å². The molecule has 0 aliphatic rings. The zero-order valence-corrected chi connectivity index (χ0v) is 14.4. The van der Waals surface area contributed by atoms with Crippen molar-refractivity contribution < 1.29 is 4.74 Å². The number of fused-ring (bicyclic) bond motifs is 1. The fraction of sp³-hybridized carbons (Fsp3) is 0.0870. The average Bonchev–Trinajstić information content (AvgIpc) is 3.11. The van der Waals surface area contributed by atoms with Crippen LogP contribution in [0.15, 0.2) is 78.9 Å². The van der Waals surface area contributed by atoms with E-state index in [0.29, 0.717) is 6.61 Å². The van der Waals surface area contributed by atoms with E-state index in [4.69, 9.17) is 4.74 Å². The number of nitrogens with one attached hydrogen (secondary N) is 1. The highest BCUT2D eigenvalue weighted by Crippen LogP contribution is 2.23. The van der Waals surface area contributed by atoms with Crippen LogP contribution in [0.4, 0.5) is 0 Å². The van der Waals surface area contributed by atoms with Crippen molar-refractivity contribution in [3.05, 3.63) is 95.7 Å². The summed E-state index contributed by atoms with van der Waals surface area (Å²) in [6, 6.07) is 26.6. The first kappa shape index (κ1) is 16.2. The number of rotatable bonds is 6. The molecule has 1 aromatic heterocycles. The number of nitrogens with zero attached hydrogens (tertiary/aromatic N) is 1. The lowest BCUT2D eigenvalue weighted by Gasteiger charge is -2.09. The van der Waals surface area contributed by atoms with Crippen molar-refractivity contribution in [2.24, 2.45) is 0 Å². The molecule has 128 valence electrons. The van der Waals surface area contributed by atoms with Gasteiger partial charge in [-0.3, -0.25) is 5.10 Å². The minimum absolute atomic E-state index is 0.653. The van der Waals surface area contributed by atoms with E-state index in [-0.39, 0.29) is 0 Å². The van der Waals surface area contributed by atoms with Crippen LogP contribution in [0.25, 0.3) is 23.1 Å². The molecule has 0 saturated heterocycles. The Morgan fingerprint density at radius 1 is 0.808 bits per heavy atom. The largest absolute Gasteiger partial charge is 0.493 e. The maximum Gasteiger partial charge on any atom is 0.126 e. The van der Waals surface area contributed by atoms with Crippen molar-refractivity contribution in [1.82, 2.24) is 10.2 Å². The summed E-state index contributed by atoms with van der Waals surface area (Å²) in [5, 5.41) is 8.57. The maximum atomic E-state index is 6.02. The third-order valence-electron chi connectivity index (χ3n) is 4.33. The molecular formula is C23H20N2O. The Bertz CT molecular complexity index is 1020. The summed E-state index contributed by atoms with van der Waals surface area (Å²) in [6.07, 6.45) is 4.97. The number of H-pyrrole nitrogens is 1. The summed E-state index contributed by atoms with van der Waals surface area (Å²) in [5.74, 6) is 0.888. The fourth-order valence-corrected chi connectivity index (χ4v) is 2.95. The van der Waals surface area contributed by atoms with E-state index in [2.05, 4.69) is 52.7 Å². The van der Waals surface area contributed by atoms with Crippen LogP contribution in [0, 0.1) is 0 Å². The highest BCUT2D eigenvalue weighted by Gasteiger charge is 2.03. The number of para-hydroxylation sites is 2. The number of hydrogen-bond donors (Lipinski definition) is 1. The summed E-state index contributed by atoms with van der Waals surface area (Å²) in [7, 11) is 0. The van der Waals surface area contributed by atoms with Gasteiger partial charge in [-0.1, -0.05) is 66.7 Å². The van der Waals surface area contributed by atoms with Gasteiger partial charge in [0.25, 0.3) is 0 Å². The molecule has 0 atom stereocenters. The molecule has 0 aliphatic heterocycles. The Labute approximate surface area is 153 Å². The van der Waals surface area contributed by atoms with Crippen LogP contribution in [-0.4, -0.2) is 16.8 Å². The summed E-state index contributed by atoms with van der Waals surface area (Å²) in [5.41, 5.74) is 4.30. The molecular weight excluding hydrogens is 320 g/mol. The SMILES string of the molecule is C(=Cc1n[nH]c2ccccc12)c1ccccc1OCCc1ccccc1. The second-order valence-corrected chi connectivity index (χ2v) is 6.11. The molecule has 0 aliphatic carbocycles. The van der Waals surface area contributed by atoms with Crippen LogP contribution < -0.4 is 4.74 Å². The van der Waals surface area contributed by atoms with Crippen molar-refractivity contribution in [2.45, 2.75) is 6.42 Å².